The fourth-order valence-corrected chi connectivity index (χ4v) is 6.15. The number of fused-ring (bicyclic) bond motifs is 1. The Hall–Kier alpha value is -2.43. The second-order valence-corrected chi connectivity index (χ2v) is 11.0. The highest BCUT2D eigenvalue weighted by atomic mass is 79.9. The van der Waals surface area contributed by atoms with Crippen LogP contribution < -0.4 is 11.0 Å². The number of benzene rings is 2. The van der Waals surface area contributed by atoms with Crippen molar-refractivity contribution in [3.8, 4) is 0 Å². The zero-order chi connectivity index (χ0) is 23.0. The summed E-state index contributed by atoms with van der Waals surface area (Å²) in [7, 11) is -0.0412. The van der Waals surface area contributed by atoms with Crippen LogP contribution in [0.5, 0.6) is 0 Å². The number of anilines is 1. The van der Waals surface area contributed by atoms with Gasteiger partial charge in [0.1, 0.15) is 0 Å². The normalized spacial score (nSPS) is 15.8. The van der Waals surface area contributed by atoms with Crippen LogP contribution in [-0.4, -0.2) is 40.9 Å². The van der Waals surface area contributed by atoms with Crippen LogP contribution in [0.15, 0.2) is 51.7 Å². The van der Waals surface area contributed by atoms with E-state index in [1.54, 1.807) is 47.5 Å². The number of rotatable bonds is 5. The molecule has 0 bridgehead atoms. The summed E-state index contributed by atoms with van der Waals surface area (Å²) in [6.07, 6.45) is 0.936. The summed E-state index contributed by atoms with van der Waals surface area (Å²) in [5, 5.41) is 2.92. The third kappa shape index (κ3) is 4.53. The first-order valence-electron chi connectivity index (χ1n) is 10.3. The summed E-state index contributed by atoms with van der Waals surface area (Å²) in [5.41, 5.74) is 2.75. The Bertz CT molecular complexity index is 1340. The zero-order valence-electron chi connectivity index (χ0n) is 17.9. The van der Waals surface area contributed by atoms with Gasteiger partial charge in [-0.15, -0.1) is 0 Å². The molecule has 0 saturated carbocycles. The number of aromatic nitrogens is 2. The van der Waals surface area contributed by atoms with E-state index in [9.17, 15) is 18.0 Å². The molecule has 1 N–H and O–H groups in total. The molecule has 0 atom stereocenters. The van der Waals surface area contributed by atoms with Crippen molar-refractivity contribution in [2.24, 2.45) is 20.0 Å². The standard InChI is InChI=1S/C22H25BrN4O4S/c1-25-19-7-6-18(13-20(19)26(2)22(25)29)24-21(28)16-8-10-27(11-9-16)32(30,31)14-15-4-3-5-17(23)12-15/h3-7,12-13,16H,8-11,14H2,1-2H3,(H,24,28). The molecule has 8 nitrogen and oxygen atoms in total. The Morgan fingerprint density at radius 2 is 1.75 bits per heavy atom. The predicted molar refractivity (Wildman–Crippen MR) is 128 cm³/mol. The lowest BCUT2D eigenvalue weighted by Gasteiger charge is -2.30. The van der Waals surface area contributed by atoms with Gasteiger partial charge in [-0.3, -0.25) is 13.9 Å². The number of carbonyl (C=O) groups is 1. The highest BCUT2D eigenvalue weighted by Gasteiger charge is 2.31. The number of nitrogens with zero attached hydrogens (tertiary/aromatic N) is 3. The van der Waals surface area contributed by atoms with Crippen molar-refractivity contribution in [2.45, 2.75) is 18.6 Å². The summed E-state index contributed by atoms with van der Waals surface area (Å²) < 4.78 is 31.0. The molecule has 4 rings (SSSR count). The average Bonchev–Trinajstić information content (AvgIpc) is 2.97. The highest BCUT2D eigenvalue weighted by molar-refractivity contribution is 9.10. The molecule has 0 radical (unpaired) electrons. The smallest absolute Gasteiger partial charge is 0.326 e. The molecular weight excluding hydrogens is 496 g/mol. The van der Waals surface area contributed by atoms with Crippen LogP contribution in [0, 0.1) is 5.92 Å². The van der Waals surface area contributed by atoms with Gasteiger partial charge < -0.3 is 5.32 Å². The summed E-state index contributed by atoms with van der Waals surface area (Å²) in [4.78, 5) is 24.9. The fraction of sp³-hybridized carbons (Fsp3) is 0.364. The number of halogens is 1. The Morgan fingerprint density at radius 3 is 2.44 bits per heavy atom. The van der Waals surface area contributed by atoms with Crippen molar-refractivity contribution in [3.05, 3.63) is 63.0 Å². The van der Waals surface area contributed by atoms with E-state index < -0.39 is 10.0 Å². The molecule has 1 aromatic heterocycles. The third-order valence-electron chi connectivity index (χ3n) is 6.00. The van der Waals surface area contributed by atoms with E-state index >= 15 is 0 Å². The minimum absolute atomic E-state index is 0.0564. The maximum absolute atomic E-state index is 12.8. The molecule has 32 heavy (non-hydrogen) atoms. The molecule has 2 aromatic carbocycles. The van der Waals surface area contributed by atoms with Crippen LogP contribution >= 0.6 is 15.9 Å². The number of sulfonamides is 1. The Kier molecular flexibility index (Phi) is 6.28. The molecule has 1 amide bonds. The maximum Gasteiger partial charge on any atom is 0.328 e. The van der Waals surface area contributed by atoms with Crippen molar-refractivity contribution in [3.63, 3.8) is 0 Å². The van der Waals surface area contributed by atoms with Crippen molar-refractivity contribution in [1.29, 1.82) is 0 Å². The zero-order valence-corrected chi connectivity index (χ0v) is 20.3. The molecular formula is C22H25BrN4O4S. The van der Waals surface area contributed by atoms with E-state index in [1.165, 1.54) is 4.31 Å². The fourth-order valence-electron chi connectivity index (χ4n) is 4.15. The molecule has 2 heterocycles. The first-order valence-corrected chi connectivity index (χ1v) is 12.7. The van der Waals surface area contributed by atoms with Crippen LogP contribution in [0.2, 0.25) is 0 Å². The topological polar surface area (TPSA) is 93.4 Å². The largest absolute Gasteiger partial charge is 0.328 e. The number of aryl methyl sites for hydroxylation is 2. The van der Waals surface area contributed by atoms with E-state index in [4.69, 9.17) is 0 Å². The van der Waals surface area contributed by atoms with Gasteiger partial charge in [0.2, 0.25) is 15.9 Å². The van der Waals surface area contributed by atoms with E-state index in [1.807, 2.05) is 18.2 Å². The number of imidazole rings is 1. The summed E-state index contributed by atoms with van der Waals surface area (Å²) in [6, 6.07) is 12.6. The number of carbonyl (C=O) groups excluding carboxylic acids is 1. The molecule has 1 aliphatic heterocycles. The first kappa shape index (κ1) is 22.8. The van der Waals surface area contributed by atoms with Crippen molar-refractivity contribution in [2.75, 3.05) is 18.4 Å². The lowest BCUT2D eigenvalue weighted by Crippen LogP contribution is -2.41. The van der Waals surface area contributed by atoms with E-state index in [-0.39, 0.29) is 23.3 Å². The van der Waals surface area contributed by atoms with Crippen LogP contribution in [0.4, 0.5) is 5.69 Å². The third-order valence-corrected chi connectivity index (χ3v) is 8.34. The van der Waals surface area contributed by atoms with Gasteiger partial charge in [-0.1, -0.05) is 28.1 Å². The van der Waals surface area contributed by atoms with Crippen molar-refractivity contribution >= 4 is 48.6 Å². The molecule has 1 saturated heterocycles. The van der Waals surface area contributed by atoms with E-state index in [2.05, 4.69) is 21.2 Å². The van der Waals surface area contributed by atoms with Crippen LogP contribution in [0.1, 0.15) is 18.4 Å². The Morgan fingerprint density at radius 1 is 1.06 bits per heavy atom. The number of nitrogens with one attached hydrogen (secondary N) is 1. The van der Waals surface area contributed by atoms with Crippen LogP contribution in [-0.2, 0) is 34.7 Å². The lowest BCUT2D eigenvalue weighted by atomic mass is 9.97. The lowest BCUT2D eigenvalue weighted by molar-refractivity contribution is -0.120. The number of amides is 1. The predicted octanol–water partition coefficient (Wildman–Crippen LogP) is 2.82. The molecule has 10 heteroatoms. The molecule has 0 unspecified atom stereocenters. The molecule has 0 aliphatic carbocycles. The quantitative estimate of drug-likeness (QED) is 0.559. The number of piperidine rings is 1. The highest BCUT2D eigenvalue weighted by Crippen LogP contribution is 2.25. The number of hydrogen-bond donors (Lipinski definition) is 1. The molecule has 3 aromatic rings. The van der Waals surface area contributed by atoms with Crippen molar-refractivity contribution in [1.82, 2.24) is 13.4 Å². The van der Waals surface area contributed by atoms with Gasteiger partial charge in [-0.05, 0) is 48.7 Å². The minimum Gasteiger partial charge on any atom is -0.326 e. The Labute approximate surface area is 195 Å². The molecule has 1 aliphatic rings. The monoisotopic (exact) mass is 520 g/mol. The molecule has 1 fully saturated rings. The summed E-state index contributed by atoms with van der Waals surface area (Å²) in [5.74, 6) is -0.448. The summed E-state index contributed by atoms with van der Waals surface area (Å²) >= 11 is 3.37. The second kappa shape index (κ2) is 8.84. The van der Waals surface area contributed by atoms with E-state index in [0.29, 0.717) is 31.6 Å². The SMILES string of the molecule is Cn1c(=O)n(C)c2cc(NC(=O)C3CCN(S(=O)(=O)Cc4cccc(Br)c4)CC3)ccc21. The van der Waals surface area contributed by atoms with Gasteiger partial charge >= 0.3 is 5.69 Å². The van der Waals surface area contributed by atoms with Gasteiger partial charge in [0.05, 0.1) is 16.8 Å². The van der Waals surface area contributed by atoms with Crippen LogP contribution in [0.3, 0.4) is 0 Å². The van der Waals surface area contributed by atoms with Gasteiger partial charge in [0, 0.05) is 43.3 Å². The second-order valence-electron chi connectivity index (χ2n) is 8.15. The summed E-state index contributed by atoms with van der Waals surface area (Å²) in [6.45, 7) is 0.640. The maximum atomic E-state index is 12.8. The van der Waals surface area contributed by atoms with E-state index in [0.717, 1.165) is 21.1 Å². The van der Waals surface area contributed by atoms with Gasteiger partial charge in [-0.25, -0.2) is 17.5 Å². The average molecular weight is 521 g/mol. The first-order chi connectivity index (χ1) is 15.2. The van der Waals surface area contributed by atoms with Gasteiger partial charge in [0.25, 0.3) is 0 Å². The number of hydrogen-bond acceptors (Lipinski definition) is 4. The minimum atomic E-state index is -3.45. The Balaban J connectivity index is 1.39. The van der Waals surface area contributed by atoms with Gasteiger partial charge in [-0.2, -0.15) is 0 Å². The van der Waals surface area contributed by atoms with Gasteiger partial charge in [0.15, 0.2) is 0 Å². The van der Waals surface area contributed by atoms with Crippen molar-refractivity contribution < 1.29 is 13.2 Å². The molecule has 0 spiro atoms. The molecule has 170 valence electrons. The van der Waals surface area contributed by atoms with Crippen LogP contribution in [0.25, 0.3) is 11.0 Å².